The molecular formula is C27H20F4N2O2. The third-order valence-corrected chi connectivity index (χ3v) is 6.03. The van der Waals surface area contributed by atoms with Gasteiger partial charge in [0.15, 0.2) is 0 Å². The number of rotatable bonds is 5. The van der Waals surface area contributed by atoms with Gasteiger partial charge >= 0.3 is 6.36 Å². The van der Waals surface area contributed by atoms with Crippen LogP contribution in [-0.2, 0) is 11.3 Å². The Morgan fingerprint density at radius 1 is 0.886 bits per heavy atom. The lowest BCUT2D eigenvalue weighted by molar-refractivity contribution is -0.274. The smallest absolute Gasteiger partial charge is 0.406 e. The van der Waals surface area contributed by atoms with Gasteiger partial charge in [-0.3, -0.25) is 9.69 Å². The van der Waals surface area contributed by atoms with E-state index in [1.54, 1.807) is 18.3 Å². The minimum atomic E-state index is -4.81. The van der Waals surface area contributed by atoms with Gasteiger partial charge in [0.1, 0.15) is 17.6 Å². The van der Waals surface area contributed by atoms with E-state index in [2.05, 4.69) is 4.74 Å². The Morgan fingerprint density at radius 3 is 2.23 bits per heavy atom. The standard InChI is InChI=1S/C27H20F4N2O2/c28-20-8-6-19(7-9-20)24-17-33(21-10-12-22(13-11-21)35-27(29,30)31)26(34)25-23(24)14-15-32(25)16-18-4-2-1-3-5-18/h1-15,17,23,25H,16H2. The third-order valence-electron chi connectivity index (χ3n) is 6.03. The molecular weight excluding hydrogens is 460 g/mol. The molecule has 0 fully saturated rings. The summed E-state index contributed by atoms with van der Waals surface area (Å²) in [5, 5.41) is 0. The number of fused-ring (bicyclic) bond motifs is 1. The molecule has 0 saturated carbocycles. The molecule has 3 aromatic carbocycles. The number of hydrogen-bond donors (Lipinski definition) is 0. The zero-order valence-electron chi connectivity index (χ0n) is 18.3. The van der Waals surface area contributed by atoms with Crippen molar-refractivity contribution in [1.82, 2.24) is 4.90 Å². The van der Waals surface area contributed by atoms with Crippen molar-refractivity contribution in [3.63, 3.8) is 0 Å². The van der Waals surface area contributed by atoms with Gasteiger partial charge in [-0.25, -0.2) is 4.39 Å². The Labute approximate surface area is 199 Å². The van der Waals surface area contributed by atoms with E-state index in [-0.39, 0.29) is 23.4 Å². The first kappa shape index (κ1) is 22.7. The van der Waals surface area contributed by atoms with E-state index in [0.29, 0.717) is 12.2 Å². The number of carbonyl (C=O) groups excluding carboxylic acids is 1. The molecule has 2 aliphatic heterocycles. The van der Waals surface area contributed by atoms with Gasteiger partial charge in [-0.05, 0) is 59.3 Å². The van der Waals surface area contributed by atoms with Gasteiger partial charge in [0.2, 0.25) is 0 Å². The van der Waals surface area contributed by atoms with E-state index >= 15 is 0 Å². The van der Waals surface area contributed by atoms with Gasteiger partial charge in [0.25, 0.3) is 5.91 Å². The molecule has 0 aromatic heterocycles. The molecule has 0 aliphatic carbocycles. The quantitative estimate of drug-likeness (QED) is 0.412. The third kappa shape index (κ3) is 4.77. The molecule has 2 unspecified atom stereocenters. The fourth-order valence-electron chi connectivity index (χ4n) is 4.47. The summed E-state index contributed by atoms with van der Waals surface area (Å²) < 4.78 is 55.2. The highest BCUT2D eigenvalue weighted by atomic mass is 19.4. The molecule has 1 amide bonds. The van der Waals surface area contributed by atoms with Crippen LogP contribution in [0.15, 0.2) is 97.3 Å². The highest BCUT2D eigenvalue weighted by Crippen LogP contribution is 2.41. The summed E-state index contributed by atoms with van der Waals surface area (Å²) in [6.07, 6.45) is 0.713. The highest BCUT2D eigenvalue weighted by Gasteiger charge is 2.43. The monoisotopic (exact) mass is 480 g/mol. The van der Waals surface area contributed by atoms with Crippen molar-refractivity contribution in [3.8, 4) is 5.75 Å². The minimum absolute atomic E-state index is 0.216. The van der Waals surface area contributed by atoms with Crippen molar-refractivity contribution in [2.45, 2.75) is 18.9 Å². The van der Waals surface area contributed by atoms with Crippen LogP contribution in [0.4, 0.5) is 23.2 Å². The van der Waals surface area contributed by atoms with Crippen LogP contribution in [0.3, 0.4) is 0 Å². The maximum atomic E-state index is 13.7. The Hall–Kier alpha value is -4.07. The average Bonchev–Trinajstić information content (AvgIpc) is 3.25. The topological polar surface area (TPSA) is 32.8 Å². The Balaban J connectivity index is 1.51. The van der Waals surface area contributed by atoms with E-state index in [1.807, 2.05) is 47.5 Å². The molecule has 5 rings (SSSR count). The van der Waals surface area contributed by atoms with E-state index in [1.165, 1.54) is 41.3 Å². The summed E-state index contributed by atoms with van der Waals surface area (Å²) in [5.41, 5.74) is 2.98. The van der Waals surface area contributed by atoms with Crippen LogP contribution in [0, 0.1) is 11.7 Å². The number of carbonyl (C=O) groups is 1. The first-order valence-electron chi connectivity index (χ1n) is 10.9. The Kier molecular flexibility index (Phi) is 5.80. The van der Waals surface area contributed by atoms with Crippen LogP contribution in [0.2, 0.25) is 0 Å². The second kappa shape index (κ2) is 8.94. The molecule has 2 aliphatic rings. The van der Waals surface area contributed by atoms with Crippen molar-refractivity contribution in [3.05, 3.63) is 114 Å². The lowest BCUT2D eigenvalue weighted by Crippen LogP contribution is -2.49. The molecule has 0 spiro atoms. The Bertz CT molecular complexity index is 1270. The van der Waals surface area contributed by atoms with E-state index in [9.17, 15) is 22.4 Å². The highest BCUT2D eigenvalue weighted by molar-refractivity contribution is 6.05. The SMILES string of the molecule is O=C1C2C(C=CN2Cc2ccccc2)C(c2ccc(F)cc2)=CN1c1ccc(OC(F)(F)F)cc1. The molecule has 2 atom stereocenters. The maximum Gasteiger partial charge on any atom is 0.573 e. The molecule has 4 nitrogen and oxygen atoms in total. The van der Waals surface area contributed by atoms with Crippen LogP contribution in [0.1, 0.15) is 11.1 Å². The van der Waals surface area contributed by atoms with Crippen molar-refractivity contribution in [1.29, 1.82) is 0 Å². The zero-order valence-corrected chi connectivity index (χ0v) is 18.3. The average molecular weight is 480 g/mol. The first-order valence-corrected chi connectivity index (χ1v) is 10.9. The fourth-order valence-corrected chi connectivity index (χ4v) is 4.47. The largest absolute Gasteiger partial charge is 0.573 e. The molecule has 178 valence electrons. The second-order valence-corrected chi connectivity index (χ2v) is 8.31. The van der Waals surface area contributed by atoms with Crippen LogP contribution < -0.4 is 9.64 Å². The number of amides is 1. The van der Waals surface area contributed by atoms with Gasteiger partial charge in [0.05, 0.1) is 0 Å². The van der Waals surface area contributed by atoms with Gasteiger partial charge in [-0.2, -0.15) is 0 Å². The molecule has 0 N–H and O–H groups in total. The number of ether oxygens (including phenoxy) is 1. The molecule has 8 heteroatoms. The van der Waals surface area contributed by atoms with Crippen molar-refractivity contribution >= 4 is 17.2 Å². The molecule has 0 saturated heterocycles. The summed E-state index contributed by atoms with van der Waals surface area (Å²) >= 11 is 0. The molecule has 0 radical (unpaired) electrons. The molecule has 2 heterocycles. The number of alkyl halides is 3. The summed E-state index contributed by atoms with van der Waals surface area (Å²) in [6, 6.07) is 20.3. The Morgan fingerprint density at radius 2 is 1.57 bits per heavy atom. The number of nitrogens with zero attached hydrogens (tertiary/aromatic N) is 2. The number of benzene rings is 3. The number of anilines is 1. The summed E-state index contributed by atoms with van der Waals surface area (Å²) in [6.45, 7) is 0.507. The lowest BCUT2D eigenvalue weighted by atomic mass is 9.85. The van der Waals surface area contributed by atoms with Gasteiger partial charge in [-0.15, -0.1) is 13.2 Å². The summed E-state index contributed by atoms with van der Waals surface area (Å²) in [5.74, 6) is -1.23. The van der Waals surface area contributed by atoms with Crippen LogP contribution in [-0.4, -0.2) is 23.2 Å². The van der Waals surface area contributed by atoms with Crippen LogP contribution >= 0.6 is 0 Å². The van der Waals surface area contributed by atoms with Crippen molar-refractivity contribution in [2.75, 3.05) is 4.90 Å². The predicted molar refractivity (Wildman–Crippen MR) is 123 cm³/mol. The van der Waals surface area contributed by atoms with Gasteiger partial charge in [-0.1, -0.05) is 48.5 Å². The van der Waals surface area contributed by atoms with Gasteiger partial charge in [0, 0.05) is 24.4 Å². The molecule has 3 aromatic rings. The van der Waals surface area contributed by atoms with E-state index < -0.39 is 12.4 Å². The van der Waals surface area contributed by atoms with Gasteiger partial charge < -0.3 is 9.64 Å². The number of hydrogen-bond acceptors (Lipinski definition) is 3. The van der Waals surface area contributed by atoms with Crippen LogP contribution in [0.25, 0.3) is 5.57 Å². The summed E-state index contributed by atoms with van der Waals surface area (Å²) in [4.78, 5) is 17.1. The molecule has 0 bridgehead atoms. The minimum Gasteiger partial charge on any atom is -0.406 e. The zero-order chi connectivity index (χ0) is 24.6. The van der Waals surface area contributed by atoms with Crippen LogP contribution in [0.5, 0.6) is 5.75 Å². The van der Waals surface area contributed by atoms with E-state index in [0.717, 1.165) is 16.7 Å². The maximum absolute atomic E-state index is 13.7. The van der Waals surface area contributed by atoms with Crippen molar-refractivity contribution in [2.24, 2.45) is 5.92 Å². The normalized spacial score (nSPS) is 19.5. The second-order valence-electron chi connectivity index (χ2n) is 8.31. The predicted octanol–water partition coefficient (Wildman–Crippen LogP) is 6.13. The number of halogens is 4. The molecule has 35 heavy (non-hydrogen) atoms. The van der Waals surface area contributed by atoms with E-state index in [4.69, 9.17) is 0 Å². The first-order chi connectivity index (χ1) is 16.8. The summed E-state index contributed by atoms with van der Waals surface area (Å²) in [7, 11) is 0. The van der Waals surface area contributed by atoms with Crippen molar-refractivity contribution < 1.29 is 27.1 Å². The fraction of sp³-hybridized carbons (Fsp3) is 0.148. The lowest BCUT2D eigenvalue weighted by Gasteiger charge is -2.38.